The Balaban J connectivity index is 1.71. The van der Waals surface area contributed by atoms with Gasteiger partial charge in [-0.3, -0.25) is 4.79 Å². The highest BCUT2D eigenvalue weighted by Crippen LogP contribution is 2.49. The smallest absolute Gasteiger partial charge is 0.163 e. The van der Waals surface area contributed by atoms with Crippen LogP contribution in [-0.2, 0) is 0 Å². The lowest BCUT2D eigenvalue weighted by atomic mass is 9.84. The number of benzene rings is 1. The second-order valence-electron chi connectivity index (χ2n) is 5.72. The molecule has 1 aromatic rings. The van der Waals surface area contributed by atoms with E-state index in [9.17, 15) is 4.79 Å². The lowest BCUT2D eigenvalue weighted by molar-refractivity contribution is 0.0944. The zero-order valence-corrected chi connectivity index (χ0v) is 12.5. The summed E-state index contributed by atoms with van der Waals surface area (Å²) in [6.07, 6.45) is 6.04. The molecule has 2 aliphatic carbocycles. The van der Waals surface area contributed by atoms with Crippen molar-refractivity contribution in [2.45, 2.75) is 32.1 Å². The van der Waals surface area contributed by atoms with Crippen LogP contribution >= 0.6 is 27.5 Å². The zero-order valence-electron chi connectivity index (χ0n) is 10.2. The monoisotopic (exact) mass is 326 g/mol. The molecule has 0 radical (unpaired) electrons. The molecule has 0 heterocycles. The molecule has 3 heteroatoms. The van der Waals surface area contributed by atoms with Crippen molar-refractivity contribution >= 4 is 33.3 Å². The minimum absolute atomic E-state index is 0.246. The third kappa shape index (κ3) is 2.50. The van der Waals surface area contributed by atoms with Crippen LogP contribution in [0.2, 0.25) is 5.02 Å². The van der Waals surface area contributed by atoms with Gasteiger partial charge in [-0.25, -0.2) is 0 Å². The molecule has 96 valence electrons. The van der Waals surface area contributed by atoms with Crippen molar-refractivity contribution in [1.29, 1.82) is 0 Å². The first-order chi connectivity index (χ1) is 8.61. The van der Waals surface area contributed by atoms with Crippen LogP contribution in [0.1, 0.15) is 42.5 Å². The van der Waals surface area contributed by atoms with Crippen LogP contribution in [0.3, 0.4) is 0 Å². The molecule has 0 aromatic heterocycles. The molecular weight excluding hydrogens is 312 g/mol. The third-order valence-electron chi connectivity index (χ3n) is 4.52. The summed E-state index contributed by atoms with van der Waals surface area (Å²) in [6, 6.07) is 5.47. The van der Waals surface area contributed by atoms with Gasteiger partial charge in [0.15, 0.2) is 5.78 Å². The molecule has 2 saturated carbocycles. The predicted octanol–water partition coefficient (Wildman–Crippen LogP) is 5.11. The highest BCUT2D eigenvalue weighted by Gasteiger charge is 2.40. The lowest BCUT2D eigenvalue weighted by Crippen LogP contribution is -2.15. The van der Waals surface area contributed by atoms with Crippen LogP contribution in [0.25, 0.3) is 0 Å². The van der Waals surface area contributed by atoms with Gasteiger partial charge in [-0.05, 0) is 55.2 Å². The maximum absolute atomic E-state index is 12.3. The van der Waals surface area contributed by atoms with Crippen molar-refractivity contribution in [3.8, 4) is 0 Å². The van der Waals surface area contributed by atoms with Crippen LogP contribution in [0, 0.1) is 17.8 Å². The number of rotatable bonds is 3. The van der Waals surface area contributed by atoms with Crippen molar-refractivity contribution < 1.29 is 4.79 Å². The Kier molecular flexibility index (Phi) is 3.50. The summed E-state index contributed by atoms with van der Waals surface area (Å²) >= 11 is 9.38. The summed E-state index contributed by atoms with van der Waals surface area (Å²) in [4.78, 5) is 12.3. The molecule has 0 N–H and O–H groups in total. The Morgan fingerprint density at radius 2 is 2.11 bits per heavy atom. The largest absolute Gasteiger partial charge is 0.294 e. The van der Waals surface area contributed by atoms with Gasteiger partial charge in [0, 0.05) is 21.5 Å². The van der Waals surface area contributed by atoms with E-state index >= 15 is 0 Å². The molecular formula is C15H16BrClO. The second kappa shape index (κ2) is 4.97. The van der Waals surface area contributed by atoms with E-state index in [0.717, 1.165) is 21.9 Å². The van der Waals surface area contributed by atoms with Crippen LogP contribution in [-0.4, -0.2) is 5.78 Å². The standard InChI is InChI=1S/C15H16BrClO/c16-13-5-12(6-14(17)8-13)15(18)7-11-4-9-1-2-10(11)3-9/h5-6,8-11H,1-4,7H2. The first-order valence-electron chi connectivity index (χ1n) is 6.61. The van der Waals surface area contributed by atoms with Crippen LogP contribution in [0.15, 0.2) is 22.7 Å². The SMILES string of the molecule is O=C(CC1CC2CCC1C2)c1cc(Cl)cc(Br)c1. The molecule has 2 bridgehead atoms. The van der Waals surface area contributed by atoms with Crippen molar-refractivity contribution in [3.05, 3.63) is 33.3 Å². The zero-order chi connectivity index (χ0) is 12.7. The Labute approximate surface area is 121 Å². The van der Waals surface area contributed by atoms with Crippen molar-refractivity contribution in [2.24, 2.45) is 17.8 Å². The van der Waals surface area contributed by atoms with Gasteiger partial charge < -0.3 is 0 Å². The van der Waals surface area contributed by atoms with Crippen molar-refractivity contribution in [2.75, 3.05) is 0 Å². The fraction of sp³-hybridized carbons (Fsp3) is 0.533. The molecule has 0 amide bonds. The second-order valence-corrected chi connectivity index (χ2v) is 7.07. The Hall–Kier alpha value is -0.340. The average molecular weight is 328 g/mol. The molecule has 3 atom stereocenters. The Bertz CT molecular complexity index is 465. The number of hydrogen-bond donors (Lipinski definition) is 0. The van der Waals surface area contributed by atoms with Gasteiger partial charge in [-0.15, -0.1) is 0 Å². The summed E-state index contributed by atoms with van der Waals surface area (Å²) in [6.45, 7) is 0. The number of carbonyl (C=O) groups excluding carboxylic acids is 1. The van der Waals surface area contributed by atoms with Crippen molar-refractivity contribution in [1.82, 2.24) is 0 Å². The molecule has 0 saturated heterocycles. The maximum atomic E-state index is 12.3. The predicted molar refractivity (Wildman–Crippen MR) is 77.0 cm³/mol. The molecule has 3 unspecified atom stereocenters. The van der Waals surface area contributed by atoms with Crippen LogP contribution in [0.5, 0.6) is 0 Å². The molecule has 0 aliphatic heterocycles. The van der Waals surface area contributed by atoms with E-state index in [0.29, 0.717) is 17.4 Å². The van der Waals surface area contributed by atoms with Crippen LogP contribution in [0.4, 0.5) is 0 Å². The lowest BCUT2D eigenvalue weighted by Gasteiger charge is -2.20. The van der Waals surface area contributed by atoms with Gasteiger partial charge in [-0.2, -0.15) is 0 Å². The van der Waals surface area contributed by atoms with Gasteiger partial charge in [-0.1, -0.05) is 34.0 Å². The van der Waals surface area contributed by atoms with E-state index in [1.807, 2.05) is 12.1 Å². The first-order valence-corrected chi connectivity index (χ1v) is 7.78. The van der Waals surface area contributed by atoms with E-state index in [2.05, 4.69) is 15.9 Å². The summed E-state index contributed by atoms with van der Waals surface area (Å²) < 4.78 is 0.881. The maximum Gasteiger partial charge on any atom is 0.163 e. The minimum atomic E-state index is 0.246. The number of fused-ring (bicyclic) bond motifs is 2. The van der Waals surface area contributed by atoms with Gasteiger partial charge >= 0.3 is 0 Å². The summed E-state index contributed by atoms with van der Waals surface area (Å²) in [7, 11) is 0. The minimum Gasteiger partial charge on any atom is -0.294 e. The number of carbonyl (C=O) groups is 1. The molecule has 1 aromatic carbocycles. The first kappa shape index (κ1) is 12.7. The molecule has 0 spiro atoms. The van der Waals surface area contributed by atoms with Crippen molar-refractivity contribution in [3.63, 3.8) is 0 Å². The Morgan fingerprint density at radius 1 is 1.28 bits per heavy atom. The number of Topliss-reactive ketones (excluding diaryl/α,β-unsaturated/α-hetero) is 1. The van der Waals surface area contributed by atoms with Gasteiger partial charge in [0.25, 0.3) is 0 Å². The topological polar surface area (TPSA) is 17.1 Å². The average Bonchev–Trinajstić information content (AvgIpc) is 2.89. The number of halogens is 2. The van der Waals surface area contributed by atoms with E-state index in [-0.39, 0.29) is 5.78 Å². The summed E-state index contributed by atoms with van der Waals surface area (Å²) in [5, 5.41) is 0.626. The van der Waals surface area contributed by atoms with E-state index in [1.165, 1.54) is 25.7 Å². The summed E-state index contributed by atoms with van der Waals surface area (Å²) in [5.41, 5.74) is 0.747. The quantitative estimate of drug-likeness (QED) is 0.705. The number of ketones is 1. The summed E-state index contributed by atoms with van der Waals surface area (Å²) in [5.74, 6) is 2.57. The highest BCUT2D eigenvalue weighted by molar-refractivity contribution is 9.10. The normalized spacial score (nSPS) is 29.8. The third-order valence-corrected chi connectivity index (χ3v) is 5.19. The molecule has 2 fully saturated rings. The number of hydrogen-bond acceptors (Lipinski definition) is 1. The molecule has 18 heavy (non-hydrogen) atoms. The fourth-order valence-electron chi connectivity index (χ4n) is 3.70. The molecule has 2 aliphatic rings. The van der Waals surface area contributed by atoms with Gasteiger partial charge in [0.05, 0.1) is 0 Å². The highest BCUT2D eigenvalue weighted by atomic mass is 79.9. The van der Waals surface area contributed by atoms with Gasteiger partial charge in [0.1, 0.15) is 0 Å². The molecule has 1 nitrogen and oxygen atoms in total. The molecule has 3 rings (SSSR count). The van der Waals surface area contributed by atoms with E-state index < -0.39 is 0 Å². The Morgan fingerprint density at radius 3 is 2.72 bits per heavy atom. The fourth-order valence-corrected chi connectivity index (χ4v) is 4.56. The van der Waals surface area contributed by atoms with E-state index in [4.69, 9.17) is 11.6 Å². The van der Waals surface area contributed by atoms with Gasteiger partial charge in [0.2, 0.25) is 0 Å². The van der Waals surface area contributed by atoms with E-state index in [1.54, 1.807) is 6.07 Å². The van der Waals surface area contributed by atoms with Crippen LogP contribution < -0.4 is 0 Å².